The molecule has 2 aromatic rings. The van der Waals surface area contributed by atoms with Crippen LogP contribution in [0.3, 0.4) is 0 Å². The van der Waals surface area contributed by atoms with Gasteiger partial charge >= 0.3 is 5.97 Å². The highest BCUT2D eigenvalue weighted by Crippen LogP contribution is 2.15. The summed E-state index contributed by atoms with van der Waals surface area (Å²) in [5.41, 5.74) is 2.74. The highest BCUT2D eigenvalue weighted by atomic mass is 16.5. The van der Waals surface area contributed by atoms with E-state index < -0.39 is 24.4 Å². The molecule has 27 heavy (non-hydrogen) atoms. The van der Waals surface area contributed by atoms with Crippen molar-refractivity contribution in [2.45, 2.75) is 0 Å². The zero-order chi connectivity index (χ0) is 19.5. The number of carboxylic acid groups (broad SMARTS) is 1. The van der Waals surface area contributed by atoms with Crippen LogP contribution in [0.1, 0.15) is 11.3 Å². The summed E-state index contributed by atoms with van der Waals surface area (Å²) < 4.78 is 10.2. The van der Waals surface area contributed by atoms with Gasteiger partial charge in [0, 0.05) is 11.6 Å². The molecule has 0 saturated heterocycles. The Balaban J connectivity index is 1.78. The smallest absolute Gasteiger partial charge is 0.341 e. The number of carbonyl (C=O) groups excluding carboxylic acids is 2. The lowest BCUT2D eigenvalue weighted by Gasteiger charge is -2.06. The fraction of sp³-hybridized carbons (Fsp3) is 0.111. The van der Waals surface area contributed by atoms with Crippen LogP contribution in [0.5, 0.6) is 5.75 Å². The fourth-order valence-corrected chi connectivity index (χ4v) is 1.84. The van der Waals surface area contributed by atoms with E-state index in [-0.39, 0.29) is 6.54 Å². The summed E-state index contributed by atoms with van der Waals surface area (Å²) in [6.07, 6.45) is 5.51. The number of nitrogens with zero attached hydrogens (tertiary/aromatic N) is 1. The van der Waals surface area contributed by atoms with E-state index in [9.17, 15) is 14.4 Å². The number of aliphatic carboxylic acids is 1. The highest BCUT2D eigenvalue weighted by Gasteiger charge is 2.05. The first-order chi connectivity index (χ1) is 13.0. The topological polar surface area (TPSA) is 130 Å². The number of rotatable bonds is 9. The molecule has 0 aliphatic carbocycles. The number of amides is 2. The molecule has 140 valence electrons. The van der Waals surface area contributed by atoms with Crippen LogP contribution in [0.25, 0.3) is 6.08 Å². The molecule has 0 unspecified atom stereocenters. The van der Waals surface area contributed by atoms with E-state index in [1.807, 2.05) is 0 Å². The van der Waals surface area contributed by atoms with Crippen molar-refractivity contribution in [1.29, 1.82) is 0 Å². The number of para-hydroxylation sites is 1. The van der Waals surface area contributed by atoms with Gasteiger partial charge in [-0.15, -0.1) is 0 Å². The molecule has 0 aliphatic heterocycles. The van der Waals surface area contributed by atoms with Crippen LogP contribution in [-0.2, 0) is 14.4 Å². The van der Waals surface area contributed by atoms with Crippen LogP contribution < -0.4 is 15.5 Å². The fourth-order valence-electron chi connectivity index (χ4n) is 1.84. The molecule has 9 heteroatoms. The van der Waals surface area contributed by atoms with Gasteiger partial charge in [-0.05, 0) is 30.3 Å². The van der Waals surface area contributed by atoms with Gasteiger partial charge in [0.2, 0.25) is 5.91 Å². The van der Waals surface area contributed by atoms with E-state index in [4.69, 9.17) is 14.3 Å². The third-order valence-corrected chi connectivity index (χ3v) is 3.03. The Morgan fingerprint density at radius 3 is 2.74 bits per heavy atom. The molecular weight excluding hydrogens is 354 g/mol. The highest BCUT2D eigenvalue weighted by molar-refractivity contribution is 5.94. The molecule has 3 N–H and O–H groups in total. The summed E-state index contributed by atoms with van der Waals surface area (Å²) in [7, 11) is 0. The Labute approximate surface area is 154 Å². The van der Waals surface area contributed by atoms with Crippen LogP contribution in [0.2, 0.25) is 0 Å². The molecule has 1 aromatic carbocycles. The van der Waals surface area contributed by atoms with Crippen LogP contribution in [0.4, 0.5) is 0 Å². The number of benzene rings is 1. The largest absolute Gasteiger partial charge is 0.481 e. The Morgan fingerprint density at radius 2 is 2.00 bits per heavy atom. The molecule has 0 radical (unpaired) electrons. The second-order valence-electron chi connectivity index (χ2n) is 5.08. The zero-order valence-electron chi connectivity index (χ0n) is 14.1. The van der Waals surface area contributed by atoms with E-state index in [1.165, 1.54) is 24.6 Å². The summed E-state index contributed by atoms with van der Waals surface area (Å²) in [5.74, 6) is -1.27. The first-order valence-electron chi connectivity index (χ1n) is 7.79. The number of carboxylic acids is 1. The van der Waals surface area contributed by atoms with Gasteiger partial charge in [0.1, 0.15) is 11.5 Å². The molecule has 2 rings (SSSR count). The minimum atomic E-state index is -1.10. The molecule has 2 amide bonds. The predicted molar refractivity (Wildman–Crippen MR) is 96.1 cm³/mol. The summed E-state index contributed by atoms with van der Waals surface area (Å²) in [5, 5.41) is 14.8. The van der Waals surface area contributed by atoms with Crippen molar-refractivity contribution in [2.75, 3.05) is 13.2 Å². The molecule has 0 saturated carbocycles. The SMILES string of the molecule is O=C(O)COc1ccccc1C=NNC(=O)CNC(=O)C=Cc1ccco1. The first kappa shape index (κ1) is 19.4. The first-order valence-corrected chi connectivity index (χ1v) is 7.79. The normalized spacial score (nSPS) is 10.8. The summed E-state index contributed by atoms with van der Waals surface area (Å²) in [6.45, 7) is -0.759. The van der Waals surface area contributed by atoms with Crippen LogP contribution in [0, 0.1) is 0 Å². The van der Waals surface area contributed by atoms with E-state index in [0.717, 1.165) is 0 Å². The van der Waals surface area contributed by atoms with Gasteiger partial charge in [-0.1, -0.05) is 12.1 Å². The Hall–Kier alpha value is -3.88. The van der Waals surface area contributed by atoms with Crippen LogP contribution in [0.15, 0.2) is 58.3 Å². The second-order valence-corrected chi connectivity index (χ2v) is 5.08. The Morgan fingerprint density at radius 1 is 1.19 bits per heavy atom. The van der Waals surface area contributed by atoms with Gasteiger partial charge in [-0.25, -0.2) is 10.2 Å². The third kappa shape index (κ3) is 7.26. The van der Waals surface area contributed by atoms with Gasteiger partial charge in [-0.2, -0.15) is 5.10 Å². The second kappa shape index (κ2) is 10.2. The van der Waals surface area contributed by atoms with Crippen molar-refractivity contribution in [1.82, 2.24) is 10.7 Å². The molecule has 0 fully saturated rings. The maximum absolute atomic E-state index is 11.7. The number of furan rings is 1. The van der Waals surface area contributed by atoms with Crippen molar-refractivity contribution in [3.63, 3.8) is 0 Å². The van der Waals surface area contributed by atoms with Crippen molar-refractivity contribution in [3.05, 3.63) is 60.1 Å². The summed E-state index contributed by atoms with van der Waals surface area (Å²) >= 11 is 0. The van der Waals surface area contributed by atoms with E-state index >= 15 is 0 Å². The van der Waals surface area contributed by atoms with Crippen LogP contribution in [-0.4, -0.2) is 42.3 Å². The van der Waals surface area contributed by atoms with E-state index in [2.05, 4.69) is 15.8 Å². The Kier molecular flexibility index (Phi) is 7.34. The minimum absolute atomic E-state index is 0.268. The monoisotopic (exact) mass is 371 g/mol. The average Bonchev–Trinajstić information content (AvgIpc) is 3.17. The Bertz CT molecular complexity index is 843. The molecule has 0 atom stereocenters. The maximum atomic E-state index is 11.7. The molecule has 9 nitrogen and oxygen atoms in total. The average molecular weight is 371 g/mol. The van der Waals surface area contributed by atoms with Crippen LogP contribution >= 0.6 is 0 Å². The molecule has 0 aliphatic rings. The van der Waals surface area contributed by atoms with Gasteiger partial charge in [0.15, 0.2) is 6.61 Å². The number of hydrazone groups is 1. The quantitative estimate of drug-likeness (QED) is 0.343. The third-order valence-electron chi connectivity index (χ3n) is 3.03. The lowest BCUT2D eigenvalue weighted by molar-refractivity contribution is -0.139. The summed E-state index contributed by atoms with van der Waals surface area (Å²) in [4.78, 5) is 33.8. The minimum Gasteiger partial charge on any atom is -0.481 e. The molecule has 0 bridgehead atoms. The molecule has 1 heterocycles. The van der Waals surface area contributed by atoms with Gasteiger partial charge in [0.25, 0.3) is 5.91 Å². The number of carbonyl (C=O) groups is 3. The van der Waals surface area contributed by atoms with Crippen molar-refractivity contribution >= 4 is 30.1 Å². The molecular formula is C18H17N3O6. The van der Waals surface area contributed by atoms with Gasteiger partial charge in [0.05, 0.1) is 19.0 Å². The molecule has 0 spiro atoms. The van der Waals surface area contributed by atoms with Crippen molar-refractivity contribution < 1.29 is 28.6 Å². The van der Waals surface area contributed by atoms with Gasteiger partial charge < -0.3 is 19.6 Å². The maximum Gasteiger partial charge on any atom is 0.341 e. The molecule has 1 aromatic heterocycles. The number of ether oxygens (including phenoxy) is 1. The lowest BCUT2D eigenvalue weighted by Crippen LogP contribution is -2.34. The number of hydrogen-bond donors (Lipinski definition) is 3. The van der Waals surface area contributed by atoms with E-state index in [1.54, 1.807) is 36.4 Å². The van der Waals surface area contributed by atoms with E-state index in [0.29, 0.717) is 17.1 Å². The number of nitrogens with one attached hydrogen (secondary N) is 2. The predicted octanol–water partition coefficient (Wildman–Crippen LogP) is 1.02. The standard InChI is InChI=1S/C18H17N3O6/c22-16(8-7-14-5-3-9-26-14)19-11-17(23)21-20-10-13-4-1-2-6-15(13)27-12-18(24)25/h1-10H,11-12H2,(H,19,22)(H,21,23)(H,24,25). The zero-order valence-corrected chi connectivity index (χ0v) is 14.1. The summed E-state index contributed by atoms with van der Waals surface area (Å²) in [6, 6.07) is 9.99. The lowest BCUT2D eigenvalue weighted by atomic mass is 10.2. The number of hydrogen-bond acceptors (Lipinski definition) is 6. The van der Waals surface area contributed by atoms with Crippen molar-refractivity contribution in [3.8, 4) is 5.75 Å². The van der Waals surface area contributed by atoms with Gasteiger partial charge in [-0.3, -0.25) is 9.59 Å². The van der Waals surface area contributed by atoms with Crippen molar-refractivity contribution in [2.24, 2.45) is 5.10 Å².